The molecule has 0 saturated heterocycles. The Kier molecular flexibility index (Phi) is 4.56. The summed E-state index contributed by atoms with van der Waals surface area (Å²) in [6, 6.07) is 0.585. The van der Waals surface area contributed by atoms with Gasteiger partial charge >= 0.3 is 0 Å². The van der Waals surface area contributed by atoms with Gasteiger partial charge in [0.1, 0.15) is 0 Å². The zero-order chi connectivity index (χ0) is 11.5. The van der Waals surface area contributed by atoms with E-state index >= 15 is 0 Å². The summed E-state index contributed by atoms with van der Waals surface area (Å²) in [5.41, 5.74) is 0.245. The summed E-state index contributed by atoms with van der Waals surface area (Å²) in [6.45, 7) is 10.1. The van der Waals surface area contributed by atoms with E-state index in [1.807, 2.05) is 14.0 Å². The number of ether oxygens (including phenoxy) is 2. The molecule has 90 valence electrons. The molecule has 1 aliphatic rings. The van der Waals surface area contributed by atoms with Crippen LogP contribution in [0.2, 0.25) is 0 Å². The van der Waals surface area contributed by atoms with Crippen molar-refractivity contribution >= 4 is 0 Å². The van der Waals surface area contributed by atoms with Crippen LogP contribution in [0.15, 0.2) is 0 Å². The fraction of sp³-hybridized carbons (Fsp3) is 1.00. The molecule has 3 atom stereocenters. The molecule has 0 aromatic carbocycles. The van der Waals surface area contributed by atoms with Crippen molar-refractivity contribution in [2.24, 2.45) is 5.41 Å². The van der Waals surface area contributed by atoms with Crippen LogP contribution >= 0.6 is 0 Å². The van der Waals surface area contributed by atoms with Crippen LogP contribution in [0.3, 0.4) is 0 Å². The highest BCUT2D eigenvalue weighted by Crippen LogP contribution is 2.42. The Labute approximate surface area is 93.5 Å². The van der Waals surface area contributed by atoms with Crippen LogP contribution < -0.4 is 5.32 Å². The highest BCUT2D eigenvalue weighted by Gasteiger charge is 2.48. The molecule has 1 N–H and O–H groups in total. The monoisotopic (exact) mass is 215 g/mol. The maximum absolute atomic E-state index is 5.97. The molecule has 3 nitrogen and oxygen atoms in total. The molecule has 3 unspecified atom stereocenters. The third-order valence-electron chi connectivity index (χ3n) is 3.48. The topological polar surface area (TPSA) is 30.5 Å². The van der Waals surface area contributed by atoms with E-state index < -0.39 is 0 Å². The highest BCUT2D eigenvalue weighted by molar-refractivity contribution is 5.02. The van der Waals surface area contributed by atoms with Gasteiger partial charge in [-0.1, -0.05) is 13.8 Å². The smallest absolute Gasteiger partial charge is 0.0784 e. The lowest BCUT2D eigenvalue weighted by molar-refractivity contribution is -0.154. The van der Waals surface area contributed by atoms with E-state index in [-0.39, 0.29) is 11.5 Å². The zero-order valence-electron chi connectivity index (χ0n) is 10.7. The quantitative estimate of drug-likeness (QED) is 0.733. The summed E-state index contributed by atoms with van der Waals surface area (Å²) < 4.78 is 11.3. The van der Waals surface area contributed by atoms with Gasteiger partial charge in [0.2, 0.25) is 0 Å². The van der Waals surface area contributed by atoms with E-state index in [9.17, 15) is 0 Å². The molecular formula is C12H25NO2. The first-order valence-corrected chi connectivity index (χ1v) is 5.92. The van der Waals surface area contributed by atoms with E-state index in [4.69, 9.17) is 9.47 Å². The molecule has 0 spiro atoms. The molecule has 3 heteroatoms. The number of rotatable bonds is 6. The van der Waals surface area contributed by atoms with Gasteiger partial charge in [-0.2, -0.15) is 0 Å². The van der Waals surface area contributed by atoms with E-state index in [0.29, 0.717) is 18.8 Å². The molecule has 0 bridgehead atoms. The summed E-state index contributed by atoms with van der Waals surface area (Å²) in [5.74, 6) is 0. The molecule has 1 fully saturated rings. The lowest BCUT2D eigenvalue weighted by atomic mass is 9.64. The van der Waals surface area contributed by atoms with Crippen LogP contribution in [0.25, 0.3) is 0 Å². The van der Waals surface area contributed by atoms with Gasteiger partial charge in [-0.25, -0.2) is 0 Å². The second-order valence-corrected chi connectivity index (χ2v) is 4.99. The first-order valence-electron chi connectivity index (χ1n) is 5.92. The number of hydrogen-bond acceptors (Lipinski definition) is 3. The molecule has 0 aromatic heterocycles. The SMILES string of the molecule is CCOCC(C)OC1CC(NC)C1(C)C. The molecule has 15 heavy (non-hydrogen) atoms. The van der Waals surface area contributed by atoms with Crippen molar-refractivity contribution < 1.29 is 9.47 Å². The van der Waals surface area contributed by atoms with Crippen LogP contribution in [-0.2, 0) is 9.47 Å². The van der Waals surface area contributed by atoms with E-state index in [1.54, 1.807) is 0 Å². The Morgan fingerprint density at radius 2 is 2.13 bits per heavy atom. The maximum atomic E-state index is 5.97. The highest BCUT2D eigenvalue weighted by atomic mass is 16.5. The second kappa shape index (κ2) is 5.28. The zero-order valence-corrected chi connectivity index (χ0v) is 10.7. The Balaban J connectivity index is 2.29. The Bertz CT molecular complexity index is 194. The Morgan fingerprint density at radius 1 is 1.47 bits per heavy atom. The standard InChI is InChI=1S/C12H25NO2/c1-6-14-8-9(2)15-11-7-10(13-5)12(11,3)4/h9-11,13H,6-8H2,1-5H3. The van der Waals surface area contributed by atoms with E-state index in [0.717, 1.165) is 13.0 Å². The van der Waals surface area contributed by atoms with Crippen LogP contribution in [0, 0.1) is 5.41 Å². The second-order valence-electron chi connectivity index (χ2n) is 4.99. The largest absolute Gasteiger partial charge is 0.379 e. The van der Waals surface area contributed by atoms with Gasteiger partial charge in [0.15, 0.2) is 0 Å². The van der Waals surface area contributed by atoms with Crippen molar-refractivity contribution in [3.05, 3.63) is 0 Å². The van der Waals surface area contributed by atoms with Gasteiger partial charge in [0, 0.05) is 18.1 Å². The first-order chi connectivity index (χ1) is 7.02. The van der Waals surface area contributed by atoms with Crippen molar-refractivity contribution in [3.63, 3.8) is 0 Å². The number of hydrogen-bond donors (Lipinski definition) is 1. The van der Waals surface area contributed by atoms with E-state index in [2.05, 4.69) is 26.1 Å². The molecule has 0 aliphatic heterocycles. The molecule has 1 aliphatic carbocycles. The lowest BCUT2D eigenvalue weighted by Gasteiger charge is -2.52. The average Bonchev–Trinajstić information content (AvgIpc) is 2.20. The lowest BCUT2D eigenvalue weighted by Crippen LogP contribution is -2.60. The summed E-state index contributed by atoms with van der Waals surface area (Å²) in [6.07, 6.45) is 1.68. The third-order valence-corrected chi connectivity index (χ3v) is 3.48. The summed E-state index contributed by atoms with van der Waals surface area (Å²) in [5, 5.41) is 3.33. The third kappa shape index (κ3) is 2.92. The Morgan fingerprint density at radius 3 is 2.60 bits per heavy atom. The summed E-state index contributed by atoms with van der Waals surface area (Å²) in [7, 11) is 2.02. The molecule has 0 aromatic rings. The molecule has 0 heterocycles. The molecule has 1 rings (SSSR count). The minimum Gasteiger partial charge on any atom is -0.379 e. The average molecular weight is 215 g/mol. The first kappa shape index (κ1) is 12.9. The number of nitrogens with one attached hydrogen (secondary N) is 1. The molecule has 0 amide bonds. The van der Waals surface area contributed by atoms with Crippen LogP contribution in [0.4, 0.5) is 0 Å². The van der Waals surface area contributed by atoms with Crippen LogP contribution in [-0.4, -0.2) is 38.5 Å². The Hall–Kier alpha value is -0.120. The predicted octanol–water partition coefficient (Wildman–Crippen LogP) is 1.81. The normalized spacial score (nSPS) is 31.0. The minimum absolute atomic E-state index is 0.201. The van der Waals surface area contributed by atoms with Gasteiger partial charge < -0.3 is 14.8 Å². The van der Waals surface area contributed by atoms with Crippen molar-refractivity contribution in [1.29, 1.82) is 0 Å². The molecule has 1 saturated carbocycles. The molecule has 0 radical (unpaired) electrons. The fourth-order valence-electron chi connectivity index (χ4n) is 2.21. The predicted molar refractivity (Wildman–Crippen MR) is 62.1 cm³/mol. The van der Waals surface area contributed by atoms with Crippen molar-refractivity contribution in [2.75, 3.05) is 20.3 Å². The van der Waals surface area contributed by atoms with Crippen molar-refractivity contribution in [1.82, 2.24) is 5.32 Å². The van der Waals surface area contributed by atoms with Gasteiger partial charge in [0.05, 0.1) is 18.8 Å². The van der Waals surface area contributed by atoms with Gasteiger partial charge in [0.25, 0.3) is 0 Å². The van der Waals surface area contributed by atoms with Gasteiger partial charge in [-0.15, -0.1) is 0 Å². The molecular weight excluding hydrogens is 190 g/mol. The summed E-state index contributed by atoms with van der Waals surface area (Å²) >= 11 is 0. The fourth-order valence-corrected chi connectivity index (χ4v) is 2.21. The van der Waals surface area contributed by atoms with Gasteiger partial charge in [-0.05, 0) is 27.3 Å². The van der Waals surface area contributed by atoms with Crippen molar-refractivity contribution in [3.8, 4) is 0 Å². The maximum Gasteiger partial charge on any atom is 0.0784 e. The van der Waals surface area contributed by atoms with E-state index in [1.165, 1.54) is 0 Å². The summed E-state index contributed by atoms with van der Waals surface area (Å²) in [4.78, 5) is 0. The van der Waals surface area contributed by atoms with Crippen molar-refractivity contribution in [2.45, 2.75) is 52.4 Å². The van der Waals surface area contributed by atoms with Crippen LogP contribution in [0.1, 0.15) is 34.1 Å². The van der Waals surface area contributed by atoms with Crippen LogP contribution in [0.5, 0.6) is 0 Å². The minimum atomic E-state index is 0.201. The van der Waals surface area contributed by atoms with Gasteiger partial charge in [-0.3, -0.25) is 0 Å².